The smallest absolute Gasteiger partial charge is 0.160 e. The molecule has 0 aliphatic carbocycles. The first kappa shape index (κ1) is 16.0. The van der Waals surface area contributed by atoms with E-state index in [1.54, 1.807) is 0 Å². The lowest BCUT2D eigenvalue weighted by atomic mass is 10.2. The molecule has 0 amide bonds. The second-order valence-electron chi connectivity index (χ2n) is 5.45. The number of halogens is 1. The van der Waals surface area contributed by atoms with Crippen LogP contribution in [0.3, 0.4) is 0 Å². The molecule has 0 bridgehead atoms. The Morgan fingerprint density at radius 3 is 2.58 bits per heavy atom. The average Bonchev–Trinajstić information content (AvgIpc) is 2.94. The van der Waals surface area contributed by atoms with Crippen LogP contribution in [0, 0.1) is 18.8 Å². The van der Waals surface area contributed by atoms with Gasteiger partial charge in [0.25, 0.3) is 0 Å². The molecule has 2 aromatic heterocycles. The van der Waals surface area contributed by atoms with Gasteiger partial charge >= 0.3 is 0 Å². The Balaban J connectivity index is 1.88. The van der Waals surface area contributed by atoms with Crippen LogP contribution >= 0.6 is 11.6 Å². The molecule has 0 unspecified atom stereocenters. The van der Waals surface area contributed by atoms with Crippen LogP contribution in [-0.2, 0) is 0 Å². The lowest BCUT2D eigenvalue weighted by molar-refractivity contribution is 0.867. The number of aromatic nitrogens is 4. The van der Waals surface area contributed by atoms with Crippen LogP contribution in [0.1, 0.15) is 17.1 Å². The summed E-state index contributed by atoms with van der Waals surface area (Å²) in [5.41, 5.74) is 1.52. The van der Waals surface area contributed by atoms with Crippen molar-refractivity contribution in [2.24, 2.45) is 0 Å². The van der Waals surface area contributed by atoms with E-state index in [1.807, 2.05) is 73.1 Å². The normalized spacial score (nSPS) is 10.2. The number of imidazole rings is 1. The minimum absolute atomic E-state index is 0.666. The molecule has 1 aromatic carbocycles. The summed E-state index contributed by atoms with van der Waals surface area (Å²) in [5, 5.41) is 9.09. The highest BCUT2D eigenvalue weighted by Gasteiger charge is 2.07. The van der Waals surface area contributed by atoms with Crippen LogP contribution in [0.25, 0.3) is 5.82 Å². The average molecular weight is 338 g/mol. The molecule has 3 aromatic rings. The van der Waals surface area contributed by atoms with Crippen molar-refractivity contribution in [1.82, 2.24) is 19.7 Å². The van der Waals surface area contributed by atoms with Gasteiger partial charge in [-0.1, -0.05) is 23.6 Å². The van der Waals surface area contributed by atoms with E-state index in [0.717, 1.165) is 17.2 Å². The SMILES string of the molecule is Cc1nc(C#Cc2cccc(Cl)c2)cn1-c1ccc(N(C)C)nn1. The van der Waals surface area contributed by atoms with Crippen LogP contribution < -0.4 is 4.90 Å². The molecule has 6 heteroatoms. The summed E-state index contributed by atoms with van der Waals surface area (Å²) >= 11 is 5.96. The minimum atomic E-state index is 0.666. The van der Waals surface area contributed by atoms with E-state index in [-0.39, 0.29) is 0 Å². The number of hydrogen-bond donors (Lipinski definition) is 0. The zero-order valence-corrected chi connectivity index (χ0v) is 14.4. The Hall–Kier alpha value is -2.84. The highest BCUT2D eigenvalue weighted by atomic mass is 35.5. The Morgan fingerprint density at radius 2 is 1.92 bits per heavy atom. The van der Waals surface area contributed by atoms with Crippen molar-refractivity contribution in [1.29, 1.82) is 0 Å². The van der Waals surface area contributed by atoms with Gasteiger partial charge in [-0.05, 0) is 43.2 Å². The topological polar surface area (TPSA) is 46.8 Å². The van der Waals surface area contributed by atoms with Gasteiger partial charge in [0, 0.05) is 30.9 Å². The number of rotatable bonds is 2. The molecule has 0 saturated carbocycles. The molecule has 0 aliphatic heterocycles. The van der Waals surface area contributed by atoms with Crippen molar-refractivity contribution in [3.63, 3.8) is 0 Å². The second kappa shape index (κ2) is 6.73. The van der Waals surface area contributed by atoms with E-state index in [4.69, 9.17) is 11.6 Å². The Kier molecular flexibility index (Phi) is 4.50. The third kappa shape index (κ3) is 3.55. The predicted molar refractivity (Wildman–Crippen MR) is 95.7 cm³/mol. The van der Waals surface area contributed by atoms with Crippen LogP contribution in [0.4, 0.5) is 5.82 Å². The summed E-state index contributed by atoms with van der Waals surface area (Å²) in [6.07, 6.45) is 1.85. The summed E-state index contributed by atoms with van der Waals surface area (Å²) in [4.78, 5) is 6.36. The van der Waals surface area contributed by atoms with Crippen LogP contribution in [-0.4, -0.2) is 33.8 Å². The summed E-state index contributed by atoms with van der Waals surface area (Å²) in [6.45, 7) is 1.91. The summed E-state index contributed by atoms with van der Waals surface area (Å²) < 4.78 is 1.87. The van der Waals surface area contributed by atoms with Crippen LogP contribution in [0.15, 0.2) is 42.6 Å². The van der Waals surface area contributed by atoms with E-state index in [1.165, 1.54) is 0 Å². The fraction of sp³-hybridized carbons (Fsp3) is 0.167. The van der Waals surface area contributed by atoms with Crippen molar-refractivity contribution < 1.29 is 0 Å². The van der Waals surface area contributed by atoms with Gasteiger partial charge in [0.2, 0.25) is 0 Å². The van der Waals surface area contributed by atoms with E-state index >= 15 is 0 Å². The third-order valence-electron chi connectivity index (χ3n) is 3.38. The molecule has 0 radical (unpaired) electrons. The molecule has 0 aliphatic rings. The Bertz CT molecular complexity index is 917. The zero-order valence-electron chi connectivity index (χ0n) is 13.7. The second-order valence-corrected chi connectivity index (χ2v) is 5.88. The lowest BCUT2D eigenvalue weighted by Crippen LogP contribution is -2.12. The lowest BCUT2D eigenvalue weighted by Gasteiger charge is -2.10. The molecule has 5 nitrogen and oxygen atoms in total. The van der Waals surface area contributed by atoms with Gasteiger partial charge in [-0.2, -0.15) is 0 Å². The number of benzene rings is 1. The van der Waals surface area contributed by atoms with E-state index < -0.39 is 0 Å². The summed E-state index contributed by atoms with van der Waals surface area (Å²) in [6, 6.07) is 11.3. The minimum Gasteiger partial charge on any atom is -0.361 e. The van der Waals surface area contributed by atoms with Crippen LogP contribution in [0.2, 0.25) is 5.02 Å². The number of anilines is 1. The maximum Gasteiger partial charge on any atom is 0.160 e. The third-order valence-corrected chi connectivity index (χ3v) is 3.62. The molecule has 0 fully saturated rings. The maximum atomic E-state index is 5.96. The first-order valence-corrected chi connectivity index (χ1v) is 7.76. The summed E-state index contributed by atoms with van der Waals surface area (Å²) in [7, 11) is 3.85. The van der Waals surface area contributed by atoms with Gasteiger partial charge in [-0.25, -0.2) is 4.98 Å². The van der Waals surface area contributed by atoms with Crippen molar-refractivity contribution in [3.05, 3.63) is 64.7 Å². The van der Waals surface area contributed by atoms with Gasteiger partial charge in [0.15, 0.2) is 11.6 Å². The van der Waals surface area contributed by atoms with Crippen molar-refractivity contribution in [2.75, 3.05) is 19.0 Å². The maximum absolute atomic E-state index is 5.96. The predicted octanol–water partition coefficient (Wildman–Crippen LogP) is 3.09. The van der Waals surface area contributed by atoms with Gasteiger partial charge in [-0.15, -0.1) is 10.2 Å². The van der Waals surface area contributed by atoms with Gasteiger partial charge in [0.05, 0.1) is 0 Å². The highest BCUT2D eigenvalue weighted by Crippen LogP contribution is 2.13. The van der Waals surface area contributed by atoms with E-state index in [2.05, 4.69) is 27.0 Å². The summed E-state index contributed by atoms with van der Waals surface area (Å²) in [5.74, 6) is 8.43. The molecule has 24 heavy (non-hydrogen) atoms. The molecular formula is C18H16ClN5. The number of nitrogens with zero attached hydrogens (tertiary/aromatic N) is 5. The molecule has 2 heterocycles. The molecule has 0 atom stereocenters. The van der Waals surface area contributed by atoms with Crippen molar-refractivity contribution >= 4 is 17.4 Å². The molecule has 120 valence electrons. The molecule has 0 N–H and O–H groups in total. The molecular weight excluding hydrogens is 322 g/mol. The van der Waals surface area contributed by atoms with Gasteiger partial charge in [0.1, 0.15) is 11.5 Å². The Morgan fingerprint density at radius 1 is 1.08 bits per heavy atom. The highest BCUT2D eigenvalue weighted by molar-refractivity contribution is 6.30. The van der Waals surface area contributed by atoms with E-state index in [9.17, 15) is 0 Å². The first-order valence-electron chi connectivity index (χ1n) is 7.38. The zero-order chi connectivity index (χ0) is 17.1. The number of hydrogen-bond acceptors (Lipinski definition) is 4. The first-order chi connectivity index (χ1) is 11.5. The van der Waals surface area contributed by atoms with Crippen molar-refractivity contribution in [3.8, 4) is 17.7 Å². The van der Waals surface area contributed by atoms with Gasteiger partial charge < -0.3 is 4.90 Å². The fourth-order valence-electron chi connectivity index (χ4n) is 2.15. The van der Waals surface area contributed by atoms with Crippen molar-refractivity contribution in [2.45, 2.75) is 6.92 Å². The standard InChI is InChI=1S/C18H16ClN5/c1-13-20-16(8-7-14-5-4-6-15(19)11-14)12-24(13)18-10-9-17(21-22-18)23(2)3/h4-6,9-12H,1-3H3. The monoisotopic (exact) mass is 337 g/mol. The molecule has 0 saturated heterocycles. The van der Waals surface area contributed by atoms with Gasteiger partial charge in [-0.3, -0.25) is 4.57 Å². The quantitative estimate of drug-likeness (QED) is 0.674. The fourth-order valence-corrected chi connectivity index (χ4v) is 2.34. The van der Waals surface area contributed by atoms with E-state index in [0.29, 0.717) is 16.5 Å². The largest absolute Gasteiger partial charge is 0.361 e. The number of aryl methyl sites for hydroxylation is 1. The molecule has 3 rings (SSSR count). The molecule has 0 spiro atoms. The Labute approximate surface area is 145 Å². The van der Waals surface area contributed by atoms with Crippen LogP contribution in [0.5, 0.6) is 0 Å².